The van der Waals surface area contributed by atoms with Gasteiger partial charge in [-0.05, 0) is 43.7 Å². The van der Waals surface area contributed by atoms with Gasteiger partial charge in [-0.25, -0.2) is 0 Å². The predicted octanol–water partition coefficient (Wildman–Crippen LogP) is 2.55. The first-order valence-corrected chi connectivity index (χ1v) is 9.04. The number of amides is 1. The van der Waals surface area contributed by atoms with Crippen molar-refractivity contribution in [3.05, 3.63) is 35.9 Å². The summed E-state index contributed by atoms with van der Waals surface area (Å²) in [5.41, 5.74) is 1.11. The smallest absolute Gasteiger partial charge is 0.251 e. The Morgan fingerprint density at radius 3 is 2.38 bits per heavy atom. The van der Waals surface area contributed by atoms with E-state index in [0.717, 1.165) is 19.0 Å². The van der Waals surface area contributed by atoms with E-state index < -0.39 is 0 Å². The fourth-order valence-corrected chi connectivity index (χ4v) is 2.94. The highest BCUT2D eigenvalue weighted by molar-refractivity contribution is 5.94. The summed E-state index contributed by atoms with van der Waals surface area (Å²) in [6, 6.07) is 9.27. The van der Waals surface area contributed by atoms with E-state index in [1.807, 2.05) is 30.3 Å². The molecule has 24 heavy (non-hydrogen) atoms. The lowest BCUT2D eigenvalue weighted by atomic mass is 9.67. The Balaban J connectivity index is 1.74. The predicted molar refractivity (Wildman–Crippen MR) is 99.3 cm³/mol. The molecule has 0 radical (unpaired) electrons. The van der Waals surface area contributed by atoms with E-state index >= 15 is 0 Å². The van der Waals surface area contributed by atoms with Crippen LogP contribution in [0.1, 0.15) is 49.9 Å². The van der Waals surface area contributed by atoms with Crippen molar-refractivity contribution >= 4 is 11.9 Å². The summed E-state index contributed by atoms with van der Waals surface area (Å²) in [6.45, 7) is 7.26. The molecule has 1 aromatic rings. The molecule has 2 rings (SSSR count). The van der Waals surface area contributed by atoms with Gasteiger partial charge >= 0.3 is 0 Å². The first-order chi connectivity index (χ1) is 11.7. The second-order valence-corrected chi connectivity index (χ2v) is 6.45. The monoisotopic (exact) mass is 330 g/mol. The van der Waals surface area contributed by atoms with Crippen LogP contribution < -0.4 is 16.0 Å². The van der Waals surface area contributed by atoms with Crippen molar-refractivity contribution < 1.29 is 4.79 Å². The third kappa shape index (κ3) is 5.25. The van der Waals surface area contributed by atoms with Crippen LogP contribution in [0.3, 0.4) is 0 Å². The molecule has 0 heterocycles. The Hall–Kier alpha value is -2.04. The number of hydrogen-bond donors (Lipinski definition) is 3. The largest absolute Gasteiger partial charge is 0.357 e. The summed E-state index contributed by atoms with van der Waals surface area (Å²) in [5, 5.41) is 9.49. The lowest BCUT2D eigenvalue weighted by Gasteiger charge is -2.40. The van der Waals surface area contributed by atoms with Crippen LogP contribution in [0.2, 0.25) is 0 Å². The van der Waals surface area contributed by atoms with Gasteiger partial charge in [0, 0.05) is 31.7 Å². The zero-order chi connectivity index (χ0) is 17.3. The van der Waals surface area contributed by atoms with E-state index in [2.05, 4.69) is 29.8 Å². The van der Waals surface area contributed by atoms with E-state index in [-0.39, 0.29) is 5.91 Å². The molecule has 0 aromatic heterocycles. The van der Waals surface area contributed by atoms with Crippen molar-refractivity contribution in [2.45, 2.75) is 39.5 Å². The first kappa shape index (κ1) is 18.3. The van der Waals surface area contributed by atoms with Crippen LogP contribution in [0, 0.1) is 5.41 Å². The summed E-state index contributed by atoms with van der Waals surface area (Å²) in [5.74, 6) is 0.796. The highest BCUT2D eigenvalue weighted by atomic mass is 16.1. The van der Waals surface area contributed by atoms with Crippen molar-refractivity contribution in [3.8, 4) is 0 Å². The third-order valence-corrected chi connectivity index (χ3v) is 4.82. The Morgan fingerprint density at radius 2 is 1.79 bits per heavy atom. The van der Waals surface area contributed by atoms with Crippen LogP contribution in [-0.4, -0.2) is 38.0 Å². The molecule has 132 valence electrons. The lowest BCUT2D eigenvalue weighted by molar-refractivity contribution is 0.0954. The zero-order valence-corrected chi connectivity index (χ0v) is 14.9. The van der Waals surface area contributed by atoms with Crippen molar-refractivity contribution in [1.82, 2.24) is 16.0 Å². The van der Waals surface area contributed by atoms with Gasteiger partial charge in [0.15, 0.2) is 5.96 Å². The van der Waals surface area contributed by atoms with Crippen LogP contribution in [0.15, 0.2) is 35.3 Å². The van der Waals surface area contributed by atoms with E-state index in [9.17, 15) is 4.79 Å². The summed E-state index contributed by atoms with van der Waals surface area (Å²) >= 11 is 0. The van der Waals surface area contributed by atoms with Crippen LogP contribution in [0.4, 0.5) is 0 Å². The first-order valence-electron chi connectivity index (χ1n) is 9.04. The summed E-state index contributed by atoms with van der Waals surface area (Å²) in [6.07, 6.45) is 5.11. The summed E-state index contributed by atoms with van der Waals surface area (Å²) < 4.78 is 0. The van der Waals surface area contributed by atoms with Gasteiger partial charge in [0.05, 0.1) is 0 Å². The molecule has 1 aliphatic carbocycles. The normalized spacial score (nSPS) is 16.2. The molecule has 1 aliphatic rings. The van der Waals surface area contributed by atoms with E-state index in [4.69, 9.17) is 4.99 Å². The average molecular weight is 330 g/mol. The maximum absolute atomic E-state index is 12.0. The molecule has 1 aromatic carbocycles. The molecule has 1 amide bonds. The fraction of sp³-hybridized carbons (Fsp3) is 0.579. The molecule has 1 fully saturated rings. The van der Waals surface area contributed by atoms with Crippen LogP contribution in [-0.2, 0) is 0 Å². The number of carbonyl (C=O) groups excluding carboxylic acids is 1. The van der Waals surface area contributed by atoms with Gasteiger partial charge in [-0.3, -0.25) is 9.79 Å². The molecule has 3 N–H and O–H groups in total. The number of nitrogens with zero attached hydrogens (tertiary/aromatic N) is 1. The zero-order valence-electron chi connectivity index (χ0n) is 14.9. The minimum atomic E-state index is -0.0428. The molecule has 0 saturated heterocycles. The Kier molecular flexibility index (Phi) is 7.09. The van der Waals surface area contributed by atoms with E-state index in [1.54, 1.807) is 0 Å². The molecular weight excluding hydrogens is 300 g/mol. The Morgan fingerprint density at radius 1 is 1.08 bits per heavy atom. The quantitative estimate of drug-likeness (QED) is 0.390. The van der Waals surface area contributed by atoms with Gasteiger partial charge in [0.1, 0.15) is 0 Å². The number of guanidine groups is 1. The number of rotatable bonds is 8. The number of aliphatic imine (C=N–C) groups is 1. The molecule has 0 bridgehead atoms. The summed E-state index contributed by atoms with van der Waals surface area (Å²) in [7, 11) is 0. The van der Waals surface area contributed by atoms with Crippen molar-refractivity contribution in [2.24, 2.45) is 10.4 Å². The average Bonchev–Trinajstić information content (AvgIpc) is 2.58. The van der Waals surface area contributed by atoms with E-state index in [1.165, 1.54) is 25.7 Å². The second kappa shape index (κ2) is 9.30. The maximum atomic E-state index is 12.0. The van der Waals surface area contributed by atoms with Crippen molar-refractivity contribution in [3.63, 3.8) is 0 Å². The van der Waals surface area contributed by atoms with Gasteiger partial charge in [-0.15, -0.1) is 0 Å². The van der Waals surface area contributed by atoms with Crippen molar-refractivity contribution in [2.75, 3.05) is 26.2 Å². The van der Waals surface area contributed by atoms with Crippen LogP contribution >= 0.6 is 0 Å². The summed E-state index contributed by atoms with van der Waals surface area (Å²) in [4.78, 5) is 16.7. The number of benzene rings is 1. The molecule has 5 nitrogen and oxygen atoms in total. The number of carbonyl (C=O) groups is 1. The second-order valence-electron chi connectivity index (χ2n) is 6.45. The van der Waals surface area contributed by atoms with Gasteiger partial charge in [-0.1, -0.05) is 31.5 Å². The van der Waals surface area contributed by atoms with Crippen molar-refractivity contribution in [1.29, 1.82) is 0 Å². The fourth-order valence-electron chi connectivity index (χ4n) is 2.94. The molecule has 1 saturated carbocycles. The molecule has 5 heteroatoms. The standard InChI is InChI=1S/C19H30N4O/c1-3-19(11-8-12-19)15-23-18(20-4-2)22-14-13-21-17(24)16-9-6-5-7-10-16/h5-7,9-10H,3-4,8,11-15H2,1-2H3,(H,21,24)(H2,20,22,23). The van der Waals surface area contributed by atoms with Gasteiger partial charge in [0.25, 0.3) is 5.91 Å². The highest BCUT2D eigenvalue weighted by Gasteiger charge is 2.34. The third-order valence-electron chi connectivity index (χ3n) is 4.82. The number of hydrogen-bond acceptors (Lipinski definition) is 2. The molecule has 0 unspecified atom stereocenters. The molecule has 0 atom stereocenters. The number of nitrogens with one attached hydrogen (secondary N) is 3. The SMILES string of the molecule is CCNC(=NCC1(CC)CCC1)NCCNC(=O)c1ccccc1. The minimum absolute atomic E-state index is 0.0428. The Bertz CT molecular complexity index is 532. The molecular formula is C19H30N4O. The topological polar surface area (TPSA) is 65.5 Å². The van der Waals surface area contributed by atoms with Gasteiger partial charge in [-0.2, -0.15) is 0 Å². The molecule has 0 spiro atoms. The maximum Gasteiger partial charge on any atom is 0.251 e. The van der Waals surface area contributed by atoms with E-state index in [0.29, 0.717) is 24.1 Å². The highest BCUT2D eigenvalue weighted by Crippen LogP contribution is 2.43. The molecule has 0 aliphatic heterocycles. The Labute approximate surface area is 145 Å². The lowest BCUT2D eigenvalue weighted by Crippen LogP contribution is -2.42. The van der Waals surface area contributed by atoms with Crippen LogP contribution in [0.5, 0.6) is 0 Å². The van der Waals surface area contributed by atoms with Gasteiger partial charge < -0.3 is 16.0 Å². The minimum Gasteiger partial charge on any atom is -0.357 e. The van der Waals surface area contributed by atoms with Gasteiger partial charge in [0.2, 0.25) is 0 Å². The van der Waals surface area contributed by atoms with Crippen LogP contribution in [0.25, 0.3) is 0 Å².